The molecule has 0 aromatic carbocycles. The molecule has 6 heteroatoms. The summed E-state index contributed by atoms with van der Waals surface area (Å²) in [5.41, 5.74) is 0.0948. The van der Waals surface area contributed by atoms with Gasteiger partial charge in [-0.3, -0.25) is 4.79 Å². The van der Waals surface area contributed by atoms with Crippen LogP contribution in [-0.2, 0) is 9.53 Å². The summed E-state index contributed by atoms with van der Waals surface area (Å²) < 4.78 is 5.43. The van der Waals surface area contributed by atoms with Crippen molar-refractivity contribution in [3.05, 3.63) is 23.9 Å². The number of aromatic carboxylic acids is 1. The summed E-state index contributed by atoms with van der Waals surface area (Å²) in [4.78, 5) is 26.2. The molecule has 1 aromatic rings. The highest BCUT2D eigenvalue weighted by molar-refractivity contribution is 5.91. The monoisotopic (exact) mass is 264 g/mol. The topological polar surface area (TPSA) is 88.5 Å². The maximum Gasteiger partial charge on any atom is 0.337 e. The Morgan fingerprint density at radius 2 is 2.32 bits per heavy atom. The zero-order chi connectivity index (χ0) is 13.7. The fourth-order valence-corrected chi connectivity index (χ4v) is 1.96. The van der Waals surface area contributed by atoms with Crippen molar-refractivity contribution in [3.63, 3.8) is 0 Å². The van der Waals surface area contributed by atoms with Crippen molar-refractivity contribution in [2.24, 2.45) is 0 Å². The molecular formula is C13H16N2O4. The molecule has 0 radical (unpaired) electrons. The highest BCUT2D eigenvalue weighted by Crippen LogP contribution is 2.17. The van der Waals surface area contributed by atoms with E-state index in [1.807, 2.05) is 0 Å². The Morgan fingerprint density at radius 3 is 2.89 bits per heavy atom. The Kier molecular flexibility index (Phi) is 4.46. The van der Waals surface area contributed by atoms with Crippen molar-refractivity contribution in [3.8, 4) is 0 Å². The average Bonchev–Trinajstić information content (AvgIpc) is 2.90. The van der Waals surface area contributed by atoms with Gasteiger partial charge in [-0.1, -0.05) is 0 Å². The molecule has 2 N–H and O–H groups in total. The average molecular weight is 264 g/mol. The van der Waals surface area contributed by atoms with E-state index in [1.54, 1.807) is 0 Å². The van der Waals surface area contributed by atoms with E-state index in [0.717, 1.165) is 19.4 Å². The van der Waals surface area contributed by atoms with E-state index in [0.29, 0.717) is 18.7 Å². The van der Waals surface area contributed by atoms with Crippen LogP contribution in [-0.4, -0.2) is 34.7 Å². The SMILES string of the molecule is O=C(CCC1CCCO1)Nc1ccc(C(=O)O)cn1. The van der Waals surface area contributed by atoms with Gasteiger partial charge in [-0.2, -0.15) is 0 Å². The number of carboxylic acids is 1. The molecule has 0 bridgehead atoms. The van der Waals surface area contributed by atoms with Crippen LogP contribution in [0.25, 0.3) is 0 Å². The van der Waals surface area contributed by atoms with E-state index in [2.05, 4.69) is 10.3 Å². The lowest BCUT2D eigenvalue weighted by atomic mass is 10.1. The molecule has 2 heterocycles. The van der Waals surface area contributed by atoms with E-state index in [9.17, 15) is 9.59 Å². The van der Waals surface area contributed by atoms with Gasteiger partial charge in [0.2, 0.25) is 5.91 Å². The van der Waals surface area contributed by atoms with Crippen molar-refractivity contribution >= 4 is 17.7 Å². The first-order chi connectivity index (χ1) is 9.15. The Bertz CT molecular complexity index is 452. The summed E-state index contributed by atoms with van der Waals surface area (Å²) >= 11 is 0. The standard InChI is InChI=1S/C13H16N2O4/c16-12(6-4-10-2-1-7-19-10)15-11-5-3-9(8-14-11)13(17)18/h3,5,8,10H,1-2,4,6-7H2,(H,17,18)(H,14,15,16). The lowest BCUT2D eigenvalue weighted by Crippen LogP contribution is -2.16. The molecule has 1 saturated heterocycles. The number of aromatic nitrogens is 1. The first-order valence-corrected chi connectivity index (χ1v) is 6.26. The van der Waals surface area contributed by atoms with Crippen molar-refractivity contribution in [2.45, 2.75) is 31.8 Å². The van der Waals surface area contributed by atoms with Gasteiger partial charge in [0.15, 0.2) is 0 Å². The van der Waals surface area contributed by atoms with Gasteiger partial charge in [0.25, 0.3) is 0 Å². The molecule has 1 fully saturated rings. The number of hydrogen-bond donors (Lipinski definition) is 2. The van der Waals surface area contributed by atoms with Crippen molar-refractivity contribution in [1.29, 1.82) is 0 Å². The van der Waals surface area contributed by atoms with Gasteiger partial charge < -0.3 is 15.2 Å². The van der Waals surface area contributed by atoms with Crippen molar-refractivity contribution < 1.29 is 19.4 Å². The van der Waals surface area contributed by atoms with E-state index in [1.165, 1.54) is 18.3 Å². The largest absolute Gasteiger partial charge is 0.478 e. The Labute approximate surface area is 110 Å². The van der Waals surface area contributed by atoms with Crippen molar-refractivity contribution in [2.75, 3.05) is 11.9 Å². The third kappa shape index (κ3) is 4.03. The highest BCUT2D eigenvalue weighted by Gasteiger charge is 2.16. The molecule has 1 atom stereocenters. The molecule has 1 aliphatic heterocycles. The van der Waals surface area contributed by atoms with Crippen molar-refractivity contribution in [1.82, 2.24) is 4.98 Å². The number of amides is 1. The predicted octanol–water partition coefficient (Wildman–Crippen LogP) is 1.68. The maximum atomic E-state index is 11.7. The van der Waals surface area contributed by atoms with Crippen LogP contribution in [0.15, 0.2) is 18.3 Å². The van der Waals surface area contributed by atoms with Crippen LogP contribution in [0, 0.1) is 0 Å². The van der Waals surface area contributed by atoms with Crippen LogP contribution < -0.4 is 5.32 Å². The van der Waals surface area contributed by atoms with Crippen LogP contribution in [0.5, 0.6) is 0 Å². The van der Waals surface area contributed by atoms with E-state index >= 15 is 0 Å². The van der Waals surface area contributed by atoms with Gasteiger partial charge in [-0.25, -0.2) is 9.78 Å². The molecule has 1 aromatic heterocycles. The fourth-order valence-electron chi connectivity index (χ4n) is 1.96. The van der Waals surface area contributed by atoms with Crippen LogP contribution >= 0.6 is 0 Å². The molecule has 2 rings (SSSR count). The van der Waals surface area contributed by atoms with Gasteiger partial charge in [0.05, 0.1) is 11.7 Å². The van der Waals surface area contributed by atoms with Gasteiger partial charge >= 0.3 is 5.97 Å². The van der Waals surface area contributed by atoms with E-state index in [4.69, 9.17) is 9.84 Å². The minimum Gasteiger partial charge on any atom is -0.478 e. The summed E-state index contributed by atoms with van der Waals surface area (Å²) in [5.74, 6) is -0.808. The summed E-state index contributed by atoms with van der Waals surface area (Å²) in [5, 5.41) is 11.4. The summed E-state index contributed by atoms with van der Waals surface area (Å²) in [7, 11) is 0. The number of hydrogen-bond acceptors (Lipinski definition) is 4. The van der Waals surface area contributed by atoms with Crippen LogP contribution in [0.2, 0.25) is 0 Å². The number of carboxylic acid groups (broad SMARTS) is 1. The Morgan fingerprint density at radius 1 is 1.47 bits per heavy atom. The lowest BCUT2D eigenvalue weighted by molar-refractivity contribution is -0.116. The Hall–Kier alpha value is -1.95. The minimum absolute atomic E-state index is 0.0948. The number of anilines is 1. The van der Waals surface area contributed by atoms with Gasteiger partial charge in [0.1, 0.15) is 5.82 Å². The smallest absolute Gasteiger partial charge is 0.337 e. The Balaban J connectivity index is 1.79. The molecule has 0 spiro atoms. The van der Waals surface area contributed by atoms with Crippen LogP contribution in [0.3, 0.4) is 0 Å². The molecule has 19 heavy (non-hydrogen) atoms. The number of rotatable bonds is 5. The number of pyridine rings is 1. The quantitative estimate of drug-likeness (QED) is 0.844. The van der Waals surface area contributed by atoms with Crippen LogP contribution in [0.1, 0.15) is 36.0 Å². The first-order valence-electron chi connectivity index (χ1n) is 6.26. The molecule has 1 aliphatic rings. The molecule has 1 unspecified atom stereocenters. The molecule has 102 valence electrons. The zero-order valence-corrected chi connectivity index (χ0v) is 10.5. The third-order valence-electron chi connectivity index (χ3n) is 3.00. The molecule has 0 saturated carbocycles. The van der Waals surface area contributed by atoms with Gasteiger partial charge in [-0.05, 0) is 31.4 Å². The molecule has 0 aliphatic carbocycles. The second-order valence-electron chi connectivity index (χ2n) is 4.46. The second-order valence-corrected chi connectivity index (χ2v) is 4.46. The summed E-state index contributed by atoms with van der Waals surface area (Å²) in [6.45, 7) is 0.782. The van der Waals surface area contributed by atoms with Crippen LogP contribution in [0.4, 0.5) is 5.82 Å². The normalized spacial score (nSPS) is 18.2. The zero-order valence-electron chi connectivity index (χ0n) is 10.5. The molecular weight excluding hydrogens is 248 g/mol. The van der Waals surface area contributed by atoms with Gasteiger partial charge in [-0.15, -0.1) is 0 Å². The number of nitrogens with zero attached hydrogens (tertiary/aromatic N) is 1. The molecule has 6 nitrogen and oxygen atoms in total. The summed E-state index contributed by atoms with van der Waals surface area (Å²) in [6, 6.07) is 2.89. The number of carbonyl (C=O) groups excluding carboxylic acids is 1. The molecule has 1 amide bonds. The third-order valence-corrected chi connectivity index (χ3v) is 3.00. The highest BCUT2D eigenvalue weighted by atomic mass is 16.5. The number of carbonyl (C=O) groups is 2. The van der Waals surface area contributed by atoms with E-state index in [-0.39, 0.29) is 17.6 Å². The maximum absolute atomic E-state index is 11.7. The first kappa shape index (κ1) is 13.5. The fraction of sp³-hybridized carbons (Fsp3) is 0.462. The number of ether oxygens (including phenoxy) is 1. The second kappa shape index (κ2) is 6.29. The van der Waals surface area contributed by atoms with E-state index < -0.39 is 5.97 Å². The summed E-state index contributed by atoms with van der Waals surface area (Å²) in [6.07, 6.45) is 4.57. The minimum atomic E-state index is -1.04. The number of nitrogens with one attached hydrogen (secondary N) is 1. The predicted molar refractivity (Wildman–Crippen MR) is 68.0 cm³/mol. The lowest BCUT2D eigenvalue weighted by Gasteiger charge is -2.09. The van der Waals surface area contributed by atoms with Gasteiger partial charge in [0, 0.05) is 19.2 Å².